The van der Waals surface area contributed by atoms with Crippen molar-refractivity contribution in [2.45, 2.75) is 18.6 Å². The van der Waals surface area contributed by atoms with Crippen molar-refractivity contribution >= 4 is 10.8 Å². The van der Waals surface area contributed by atoms with Gasteiger partial charge in [0, 0.05) is 11.6 Å². The minimum atomic E-state index is -4.30. The van der Waals surface area contributed by atoms with Crippen LogP contribution in [-0.4, -0.2) is 13.3 Å². The van der Waals surface area contributed by atoms with Crippen LogP contribution in [0, 0.1) is 0 Å². The Hall–Kier alpha value is -1.75. The molecule has 0 amide bonds. The molecule has 1 atom stereocenters. The number of alkyl halides is 3. The highest BCUT2D eigenvalue weighted by Crippen LogP contribution is 2.37. The molecule has 0 saturated heterocycles. The maximum atomic E-state index is 12.5. The Morgan fingerprint density at radius 2 is 1.84 bits per heavy atom. The molecule has 2 aromatic rings. The van der Waals surface area contributed by atoms with Crippen molar-refractivity contribution in [3.63, 3.8) is 0 Å². The van der Waals surface area contributed by atoms with Crippen LogP contribution in [0.4, 0.5) is 13.2 Å². The molecule has 2 nitrogen and oxygen atoms in total. The zero-order valence-electron chi connectivity index (χ0n) is 10.4. The number of methoxy groups -OCH3 is 1. The third-order valence-electron chi connectivity index (χ3n) is 2.97. The van der Waals surface area contributed by atoms with Crippen LogP contribution >= 0.6 is 0 Å². The number of benzene rings is 2. The van der Waals surface area contributed by atoms with Gasteiger partial charge in [0.05, 0.1) is 13.5 Å². The van der Waals surface area contributed by atoms with Crippen LogP contribution in [0.5, 0.6) is 5.75 Å². The molecule has 2 aromatic carbocycles. The third-order valence-corrected chi connectivity index (χ3v) is 2.97. The molecular weight excluding hydrogens is 255 g/mol. The molecule has 0 fully saturated rings. The lowest BCUT2D eigenvalue weighted by Crippen LogP contribution is -2.21. The lowest BCUT2D eigenvalue weighted by molar-refractivity contribution is -0.138. The lowest BCUT2D eigenvalue weighted by Gasteiger charge is -2.19. The molecule has 0 radical (unpaired) electrons. The van der Waals surface area contributed by atoms with Gasteiger partial charge in [-0.3, -0.25) is 0 Å². The molecule has 0 saturated carbocycles. The summed E-state index contributed by atoms with van der Waals surface area (Å²) >= 11 is 0. The Morgan fingerprint density at radius 3 is 2.47 bits per heavy atom. The van der Waals surface area contributed by atoms with Crippen molar-refractivity contribution < 1.29 is 17.9 Å². The predicted octanol–water partition coefficient (Wildman–Crippen LogP) is 3.80. The van der Waals surface area contributed by atoms with Gasteiger partial charge in [0.25, 0.3) is 0 Å². The molecule has 0 bridgehead atoms. The van der Waals surface area contributed by atoms with Gasteiger partial charge >= 0.3 is 6.18 Å². The average molecular weight is 269 g/mol. The summed E-state index contributed by atoms with van der Waals surface area (Å²) in [5.74, 6) is 0.385. The predicted molar refractivity (Wildman–Crippen MR) is 68.1 cm³/mol. The summed E-state index contributed by atoms with van der Waals surface area (Å²) < 4.78 is 42.7. The van der Waals surface area contributed by atoms with Crippen LogP contribution in [0.3, 0.4) is 0 Å². The molecule has 19 heavy (non-hydrogen) atoms. The molecule has 0 aromatic heterocycles. The number of halogens is 3. The van der Waals surface area contributed by atoms with E-state index in [-0.39, 0.29) is 0 Å². The zero-order valence-corrected chi connectivity index (χ0v) is 10.4. The highest BCUT2D eigenvalue weighted by molar-refractivity contribution is 5.88. The molecule has 0 aliphatic heterocycles. The second-order valence-corrected chi connectivity index (χ2v) is 4.33. The SMILES string of the molecule is COc1ccc2ccccc2c1C(N)CC(F)(F)F. The monoisotopic (exact) mass is 269 g/mol. The maximum Gasteiger partial charge on any atom is 0.390 e. The molecule has 2 rings (SSSR count). The van der Waals surface area contributed by atoms with Crippen LogP contribution < -0.4 is 10.5 Å². The molecule has 1 unspecified atom stereocenters. The third kappa shape index (κ3) is 2.98. The van der Waals surface area contributed by atoms with E-state index in [1.165, 1.54) is 7.11 Å². The Bertz CT molecular complexity index is 580. The topological polar surface area (TPSA) is 35.2 Å². The van der Waals surface area contributed by atoms with Crippen LogP contribution in [0.1, 0.15) is 18.0 Å². The first-order valence-corrected chi connectivity index (χ1v) is 5.80. The van der Waals surface area contributed by atoms with E-state index in [9.17, 15) is 13.2 Å². The molecule has 0 aliphatic rings. The Morgan fingerprint density at radius 1 is 1.16 bits per heavy atom. The van der Waals surface area contributed by atoms with Crippen molar-refractivity contribution in [1.29, 1.82) is 0 Å². The van der Waals surface area contributed by atoms with E-state index >= 15 is 0 Å². The standard InChI is InChI=1S/C14H14F3NO/c1-19-12-7-6-9-4-2-3-5-10(9)13(12)11(18)8-14(15,16)17/h2-7,11H,8,18H2,1H3. The minimum absolute atomic E-state index is 0.385. The quantitative estimate of drug-likeness (QED) is 0.919. The van der Waals surface area contributed by atoms with E-state index in [0.29, 0.717) is 16.7 Å². The fraction of sp³-hybridized carbons (Fsp3) is 0.286. The van der Waals surface area contributed by atoms with Crippen LogP contribution in [-0.2, 0) is 0 Å². The minimum Gasteiger partial charge on any atom is -0.496 e. The van der Waals surface area contributed by atoms with E-state index in [1.807, 2.05) is 12.1 Å². The van der Waals surface area contributed by atoms with Crippen LogP contribution in [0.2, 0.25) is 0 Å². The maximum absolute atomic E-state index is 12.5. The van der Waals surface area contributed by atoms with Crippen molar-refractivity contribution in [2.24, 2.45) is 5.73 Å². The summed E-state index contributed by atoms with van der Waals surface area (Å²) in [6.45, 7) is 0. The summed E-state index contributed by atoms with van der Waals surface area (Å²) in [6, 6.07) is 9.49. The molecule has 0 aliphatic carbocycles. The fourth-order valence-corrected chi connectivity index (χ4v) is 2.19. The summed E-state index contributed by atoms with van der Waals surface area (Å²) in [7, 11) is 1.42. The van der Waals surface area contributed by atoms with E-state index in [0.717, 1.165) is 5.39 Å². The van der Waals surface area contributed by atoms with Gasteiger partial charge in [-0.2, -0.15) is 13.2 Å². The second kappa shape index (κ2) is 5.09. The lowest BCUT2D eigenvalue weighted by atomic mass is 9.96. The average Bonchev–Trinajstić information content (AvgIpc) is 2.35. The van der Waals surface area contributed by atoms with Crippen molar-refractivity contribution in [3.8, 4) is 5.75 Å². The van der Waals surface area contributed by atoms with Gasteiger partial charge in [0.15, 0.2) is 0 Å². The van der Waals surface area contributed by atoms with Gasteiger partial charge in [-0.05, 0) is 16.8 Å². The summed E-state index contributed by atoms with van der Waals surface area (Å²) in [5, 5.41) is 1.54. The summed E-state index contributed by atoms with van der Waals surface area (Å²) in [4.78, 5) is 0. The Labute approximate surface area is 109 Å². The van der Waals surface area contributed by atoms with Crippen molar-refractivity contribution in [2.75, 3.05) is 7.11 Å². The number of hydrogen-bond donors (Lipinski definition) is 1. The van der Waals surface area contributed by atoms with Gasteiger partial charge in [-0.15, -0.1) is 0 Å². The fourth-order valence-electron chi connectivity index (χ4n) is 2.19. The van der Waals surface area contributed by atoms with Crippen molar-refractivity contribution in [3.05, 3.63) is 42.0 Å². The number of nitrogens with two attached hydrogens (primary N) is 1. The number of hydrogen-bond acceptors (Lipinski definition) is 2. The molecular formula is C14H14F3NO. The van der Waals surface area contributed by atoms with E-state index in [1.54, 1.807) is 24.3 Å². The number of ether oxygens (including phenoxy) is 1. The second-order valence-electron chi connectivity index (χ2n) is 4.33. The summed E-state index contributed by atoms with van der Waals surface area (Å²) in [6.07, 6.45) is -5.38. The molecule has 5 heteroatoms. The first kappa shape index (κ1) is 13.7. The number of fused-ring (bicyclic) bond motifs is 1. The van der Waals surface area contributed by atoms with Crippen LogP contribution in [0.25, 0.3) is 10.8 Å². The van der Waals surface area contributed by atoms with E-state index in [2.05, 4.69) is 0 Å². The van der Waals surface area contributed by atoms with E-state index < -0.39 is 18.6 Å². The van der Waals surface area contributed by atoms with Crippen LogP contribution in [0.15, 0.2) is 36.4 Å². The van der Waals surface area contributed by atoms with Gasteiger partial charge < -0.3 is 10.5 Å². The smallest absolute Gasteiger partial charge is 0.390 e. The first-order valence-electron chi connectivity index (χ1n) is 5.80. The zero-order chi connectivity index (χ0) is 14.0. The van der Waals surface area contributed by atoms with E-state index in [4.69, 9.17) is 10.5 Å². The normalized spacial score (nSPS) is 13.5. The van der Waals surface area contributed by atoms with Crippen molar-refractivity contribution in [1.82, 2.24) is 0 Å². The largest absolute Gasteiger partial charge is 0.496 e. The van der Waals surface area contributed by atoms with Gasteiger partial charge in [0.2, 0.25) is 0 Å². The molecule has 2 N–H and O–H groups in total. The first-order chi connectivity index (χ1) is 8.92. The molecule has 0 heterocycles. The van der Waals surface area contributed by atoms with Gasteiger partial charge in [0.1, 0.15) is 5.75 Å². The van der Waals surface area contributed by atoms with Gasteiger partial charge in [-0.1, -0.05) is 30.3 Å². The number of rotatable bonds is 3. The summed E-state index contributed by atoms with van der Waals surface area (Å²) in [5.41, 5.74) is 6.12. The Balaban J connectivity index is 2.55. The highest BCUT2D eigenvalue weighted by atomic mass is 19.4. The Kier molecular flexibility index (Phi) is 3.66. The molecule has 0 spiro atoms. The van der Waals surface area contributed by atoms with Gasteiger partial charge in [-0.25, -0.2) is 0 Å². The highest BCUT2D eigenvalue weighted by Gasteiger charge is 2.32. The molecule has 102 valence electrons.